The van der Waals surface area contributed by atoms with E-state index < -0.39 is 0 Å². The van der Waals surface area contributed by atoms with Crippen molar-refractivity contribution in [2.45, 2.75) is 6.61 Å². The fourth-order valence-electron chi connectivity index (χ4n) is 1.26. The number of aromatic hydroxyl groups is 1. The number of halogens is 1. The monoisotopic (exact) mass is 258 g/mol. The van der Waals surface area contributed by atoms with Gasteiger partial charge in [0.15, 0.2) is 0 Å². The SMILES string of the molecule is OCc1cc(Br)c2sccc2c1O. The maximum atomic E-state index is 9.69. The minimum atomic E-state index is -0.143. The molecule has 0 saturated carbocycles. The first-order chi connectivity index (χ1) is 6.24. The van der Waals surface area contributed by atoms with Gasteiger partial charge in [-0.1, -0.05) is 0 Å². The molecule has 0 amide bonds. The summed E-state index contributed by atoms with van der Waals surface area (Å²) in [5.41, 5.74) is 0.553. The number of rotatable bonds is 1. The second kappa shape index (κ2) is 3.29. The van der Waals surface area contributed by atoms with Crippen molar-refractivity contribution in [3.63, 3.8) is 0 Å². The summed E-state index contributed by atoms with van der Waals surface area (Å²) in [4.78, 5) is 0. The van der Waals surface area contributed by atoms with Crippen LogP contribution in [0, 0.1) is 0 Å². The van der Waals surface area contributed by atoms with Crippen LogP contribution in [0.1, 0.15) is 5.56 Å². The first-order valence-corrected chi connectivity index (χ1v) is 5.39. The van der Waals surface area contributed by atoms with Crippen LogP contribution in [0.4, 0.5) is 0 Å². The molecule has 0 unspecified atom stereocenters. The lowest BCUT2D eigenvalue weighted by atomic mass is 10.1. The van der Waals surface area contributed by atoms with E-state index in [0.29, 0.717) is 5.56 Å². The van der Waals surface area contributed by atoms with Crippen molar-refractivity contribution < 1.29 is 10.2 Å². The van der Waals surface area contributed by atoms with Gasteiger partial charge in [-0.15, -0.1) is 11.3 Å². The summed E-state index contributed by atoms with van der Waals surface area (Å²) in [7, 11) is 0. The fourth-order valence-corrected chi connectivity index (χ4v) is 2.83. The van der Waals surface area contributed by atoms with Crippen LogP contribution < -0.4 is 0 Å². The van der Waals surface area contributed by atoms with Gasteiger partial charge in [0.05, 0.1) is 11.3 Å². The summed E-state index contributed by atoms with van der Waals surface area (Å²) in [6.07, 6.45) is 0. The Labute approximate surface area is 87.6 Å². The third kappa shape index (κ3) is 1.35. The minimum absolute atomic E-state index is 0.143. The summed E-state index contributed by atoms with van der Waals surface area (Å²) < 4.78 is 1.93. The highest BCUT2D eigenvalue weighted by molar-refractivity contribution is 9.10. The lowest BCUT2D eigenvalue weighted by Gasteiger charge is -2.03. The smallest absolute Gasteiger partial charge is 0.129 e. The number of hydrogen-bond acceptors (Lipinski definition) is 3. The van der Waals surface area contributed by atoms with Crippen molar-refractivity contribution in [3.05, 3.63) is 27.5 Å². The largest absolute Gasteiger partial charge is 0.507 e. The minimum Gasteiger partial charge on any atom is -0.507 e. The summed E-state index contributed by atoms with van der Waals surface area (Å²) in [5, 5.41) is 21.4. The number of phenols is 1. The van der Waals surface area contributed by atoms with Gasteiger partial charge >= 0.3 is 0 Å². The molecular formula is C9H7BrO2S. The fraction of sp³-hybridized carbons (Fsp3) is 0.111. The number of fused-ring (bicyclic) bond motifs is 1. The first-order valence-electron chi connectivity index (χ1n) is 3.72. The molecule has 0 saturated heterocycles. The molecule has 2 nitrogen and oxygen atoms in total. The Balaban J connectivity index is 2.85. The van der Waals surface area contributed by atoms with E-state index in [2.05, 4.69) is 15.9 Å². The highest BCUT2D eigenvalue weighted by Gasteiger charge is 2.09. The van der Waals surface area contributed by atoms with Crippen molar-refractivity contribution >= 4 is 37.4 Å². The predicted octanol–water partition coefficient (Wildman–Crippen LogP) is 2.86. The molecule has 0 aliphatic heterocycles. The second-order valence-corrected chi connectivity index (χ2v) is 4.46. The van der Waals surface area contributed by atoms with Gasteiger partial charge in [-0.3, -0.25) is 0 Å². The van der Waals surface area contributed by atoms with Crippen LogP contribution in [-0.2, 0) is 6.61 Å². The van der Waals surface area contributed by atoms with Crippen LogP contribution in [0.15, 0.2) is 22.0 Å². The summed E-state index contributed by atoms with van der Waals surface area (Å²) in [6, 6.07) is 3.59. The van der Waals surface area contributed by atoms with Crippen molar-refractivity contribution in [1.82, 2.24) is 0 Å². The van der Waals surface area contributed by atoms with E-state index in [1.165, 1.54) is 0 Å². The van der Waals surface area contributed by atoms with E-state index >= 15 is 0 Å². The van der Waals surface area contributed by atoms with E-state index in [4.69, 9.17) is 5.11 Å². The molecule has 1 heterocycles. The van der Waals surface area contributed by atoms with Gasteiger partial charge in [0.25, 0.3) is 0 Å². The van der Waals surface area contributed by atoms with Crippen LogP contribution in [0.3, 0.4) is 0 Å². The van der Waals surface area contributed by atoms with E-state index in [1.54, 1.807) is 17.4 Å². The predicted molar refractivity (Wildman–Crippen MR) is 57.1 cm³/mol. The molecule has 13 heavy (non-hydrogen) atoms. The molecule has 2 N–H and O–H groups in total. The molecule has 2 aromatic rings. The molecule has 2 rings (SSSR count). The third-order valence-corrected chi connectivity index (χ3v) is 3.75. The molecule has 0 aliphatic carbocycles. The second-order valence-electron chi connectivity index (χ2n) is 2.69. The molecule has 0 aliphatic rings. The summed E-state index contributed by atoms with van der Waals surface area (Å²) in [5.74, 6) is 0.182. The summed E-state index contributed by atoms with van der Waals surface area (Å²) >= 11 is 4.95. The summed E-state index contributed by atoms with van der Waals surface area (Å²) in [6.45, 7) is -0.143. The molecular weight excluding hydrogens is 252 g/mol. The highest BCUT2D eigenvalue weighted by atomic mass is 79.9. The number of thiophene rings is 1. The van der Waals surface area contributed by atoms with Crippen molar-refractivity contribution in [1.29, 1.82) is 0 Å². The quantitative estimate of drug-likeness (QED) is 0.826. The maximum absolute atomic E-state index is 9.69. The van der Waals surface area contributed by atoms with Crippen molar-refractivity contribution in [2.24, 2.45) is 0 Å². The molecule has 68 valence electrons. The number of hydrogen-bond donors (Lipinski definition) is 2. The normalized spacial score (nSPS) is 10.9. The van der Waals surface area contributed by atoms with Crippen LogP contribution >= 0.6 is 27.3 Å². The average molecular weight is 259 g/mol. The zero-order chi connectivity index (χ0) is 9.42. The Hall–Kier alpha value is -0.580. The molecule has 4 heteroatoms. The average Bonchev–Trinajstić information content (AvgIpc) is 2.60. The van der Waals surface area contributed by atoms with E-state index in [1.807, 2.05) is 11.4 Å². The van der Waals surface area contributed by atoms with Gasteiger partial charge in [-0.05, 0) is 33.4 Å². The van der Waals surface area contributed by atoms with E-state index in [9.17, 15) is 5.11 Å². The molecule has 0 radical (unpaired) electrons. The molecule has 1 aromatic carbocycles. The van der Waals surface area contributed by atoms with Crippen LogP contribution in [0.5, 0.6) is 5.75 Å². The Bertz CT molecular complexity index is 450. The molecule has 1 aromatic heterocycles. The molecule has 0 fully saturated rings. The third-order valence-electron chi connectivity index (χ3n) is 1.91. The first kappa shape index (κ1) is 8.99. The molecule has 0 spiro atoms. The standard InChI is InChI=1S/C9H7BrO2S/c10-7-3-5(4-11)8(12)6-1-2-13-9(6)7/h1-3,11-12H,4H2. The Morgan fingerprint density at radius 2 is 2.23 bits per heavy atom. The number of aliphatic hydroxyl groups is 1. The number of benzene rings is 1. The number of aliphatic hydroxyl groups excluding tert-OH is 1. The van der Waals surface area contributed by atoms with Crippen molar-refractivity contribution in [3.8, 4) is 5.75 Å². The lowest BCUT2D eigenvalue weighted by Crippen LogP contribution is -1.84. The Morgan fingerprint density at radius 1 is 1.46 bits per heavy atom. The van der Waals surface area contributed by atoms with Crippen molar-refractivity contribution in [2.75, 3.05) is 0 Å². The van der Waals surface area contributed by atoms with Gasteiger partial charge in [0.1, 0.15) is 5.75 Å². The van der Waals surface area contributed by atoms with E-state index in [0.717, 1.165) is 14.6 Å². The van der Waals surface area contributed by atoms with Gasteiger partial charge < -0.3 is 10.2 Å². The zero-order valence-electron chi connectivity index (χ0n) is 6.62. The topological polar surface area (TPSA) is 40.5 Å². The lowest BCUT2D eigenvalue weighted by molar-refractivity contribution is 0.276. The van der Waals surface area contributed by atoms with Gasteiger partial charge in [0.2, 0.25) is 0 Å². The Morgan fingerprint density at radius 3 is 2.92 bits per heavy atom. The van der Waals surface area contributed by atoms with Gasteiger partial charge in [-0.2, -0.15) is 0 Å². The maximum Gasteiger partial charge on any atom is 0.129 e. The molecule has 0 bridgehead atoms. The van der Waals surface area contributed by atoms with E-state index in [-0.39, 0.29) is 12.4 Å². The zero-order valence-corrected chi connectivity index (χ0v) is 9.02. The Kier molecular flexibility index (Phi) is 2.27. The van der Waals surface area contributed by atoms with Crippen LogP contribution in [0.25, 0.3) is 10.1 Å². The van der Waals surface area contributed by atoms with Gasteiger partial charge in [-0.25, -0.2) is 0 Å². The van der Waals surface area contributed by atoms with Crippen LogP contribution in [0.2, 0.25) is 0 Å². The van der Waals surface area contributed by atoms with Gasteiger partial charge in [0, 0.05) is 15.4 Å². The molecule has 0 atom stereocenters. The van der Waals surface area contributed by atoms with Crippen LogP contribution in [-0.4, -0.2) is 10.2 Å². The highest BCUT2D eigenvalue weighted by Crippen LogP contribution is 2.37.